The summed E-state index contributed by atoms with van der Waals surface area (Å²) in [6, 6.07) is 0. The Balaban J connectivity index is 2.04. The summed E-state index contributed by atoms with van der Waals surface area (Å²) in [6.45, 7) is 4.09. The third-order valence-electron chi connectivity index (χ3n) is 2.91. The number of piperazine rings is 1. The van der Waals surface area contributed by atoms with Crippen molar-refractivity contribution in [2.24, 2.45) is 0 Å². The molecule has 1 aliphatic carbocycles. The van der Waals surface area contributed by atoms with Gasteiger partial charge < -0.3 is 9.80 Å². The maximum Gasteiger partial charge on any atom is 0.125 e. The van der Waals surface area contributed by atoms with Crippen LogP contribution in [0, 0.1) is 0 Å². The molecule has 0 spiro atoms. The standard InChI is InChI=1S/C11H16BrFN2/c1-14-2-4-15(5-3-14)11-7-9(12)6-10(13)8-11/h7-8,10H,2-6H2,1H3. The van der Waals surface area contributed by atoms with Crippen LogP contribution in [0.5, 0.6) is 0 Å². The Kier molecular flexibility index (Phi) is 3.46. The molecule has 2 nitrogen and oxygen atoms in total. The minimum absolute atomic E-state index is 0.483. The zero-order valence-electron chi connectivity index (χ0n) is 8.92. The van der Waals surface area contributed by atoms with E-state index in [-0.39, 0.29) is 0 Å². The van der Waals surface area contributed by atoms with Gasteiger partial charge in [0.1, 0.15) is 6.17 Å². The molecule has 0 aromatic rings. The van der Waals surface area contributed by atoms with Crippen LogP contribution in [0.1, 0.15) is 6.42 Å². The van der Waals surface area contributed by atoms with E-state index in [1.165, 1.54) is 0 Å². The summed E-state index contributed by atoms with van der Waals surface area (Å²) in [5, 5.41) is 0. The fourth-order valence-corrected chi connectivity index (χ4v) is 2.50. The van der Waals surface area contributed by atoms with Crippen molar-refractivity contribution in [2.75, 3.05) is 33.2 Å². The Morgan fingerprint density at radius 2 is 2.00 bits per heavy atom. The van der Waals surface area contributed by atoms with E-state index in [1.54, 1.807) is 6.08 Å². The first-order valence-corrected chi connectivity index (χ1v) is 6.10. The number of halogens is 2. The average molecular weight is 275 g/mol. The Bertz CT molecular complexity index is 293. The SMILES string of the molecule is CN1CCN(C2=CC(F)CC(Br)=C2)CC1. The van der Waals surface area contributed by atoms with Gasteiger partial charge in [-0.15, -0.1) is 0 Å². The molecule has 0 radical (unpaired) electrons. The van der Waals surface area contributed by atoms with Gasteiger partial charge in [0.2, 0.25) is 0 Å². The van der Waals surface area contributed by atoms with Gasteiger partial charge >= 0.3 is 0 Å². The zero-order chi connectivity index (χ0) is 10.8. The number of likely N-dealkylation sites (N-methyl/N-ethyl adjacent to an activating group) is 1. The smallest absolute Gasteiger partial charge is 0.125 e. The number of nitrogens with zero attached hydrogens (tertiary/aromatic N) is 2. The highest BCUT2D eigenvalue weighted by molar-refractivity contribution is 9.11. The molecule has 2 aliphatic rings. The van der Waals surface area contributed by atoms with E-state index < -0.39 is 6.17 Å². The van der Waals surface area contributed by atoms with Gasteiger partial charge in [-0.3, -0.25) is 0 Å². The van der Waals surface area contributed by atoms with Crippen LogP contribution >= 0.6 is 15.9 Å². The molecular weight excluding hydrogens is 259 g/mol. The number of rotatable bonds is 1. The maximum atomic E-state index is 13.3. The molecule has 4 heteroatoms. The lowest BCUT2D eigenvalue weighted by Gasteiger charge is -2.35. The molecule has 0 amide bonds. The molecule has 1 saturated heterocycles. The highest BCUT2D eigenvalue weighted by atomic mass is 79.9. The zero-order valence-corrected chi connectivity index (χ0v) is 10.5. The first kappa shape index (κ1) is 11.1. The average Bonchev–Trinajstić information content (AvgIpc) is 2.17. The van der Waals surface area contributed by atoms with Gasteiger partial charge in [-0.2, -0.15) is 0 Å². The first-order chi connectivity index (χ1) is 7.15. The Morgan fingerprint density at radius 3 is 2.60 bits per heavy atom. The summed E-state index contributed by atoms with van der Waals surface area (Å²) in [7, 11) is 2.12. The predicted octanol–water partition coefficient (Wildman–Crippen LogP) is 2.14. The van der Waals surface area contributed by atoms with E-state index in [0.29, 0.717) is 6.42 Å². The van der Waals surface area contributed by atoms with Crippen molar-refractivity contribution < 1.29 is 4.39 Å². The van der Waals surface area contributed by atoms with E-state index in [0.717, 1.165) is 36.4 Å². The van der Waals surface area contributed by atoms with Crippen molar-refractivity contribution in [1.29, 1.82) is 0 Å². The monoisotopic (exact) mass is 274 g/mol. The molecule has 0 saturated carbocycles. The topological polar surface area (TPSA) is 6.48 Å². The molecule has 0 aromatic carbocycles. The van der Waals surface area contributed by atoms with E-state index in [2.05, 4.69) is 32.8 Å². The lowest BCUT2D eigenvalue weighted by Crippen LogP contribution is -2.43. The lowest BCUT2D eigenvalue weighted by atomic mass is 10.1. The van der Waals surface area contributed by atoms with Gasteiger partial charge in [0, 0.05) is 42.8 Å². The van der Waals surface area contributed by atoms with Gasteiger partial charge in [-0.05, 0) is 19.2 Å². The van der Waals surface area contributed by atoms with Crippen LogP contribution in [0.15, 0.2) is 22.3 Å². The summed E-state index contributed by atoms with van der Waals surface area (Å²) < 4.78 is 14.3. The van der Waals surface area contributed by atoms with E-state index in [4.69, 9.17) is 0 Å². The molecule has 0 aromatic heterocycles. The maximum absolute atomic E-state index is 13.3. The Labute approximate surface area is 98.6 Å². The van der Waals surface area contributed by atoms with Gasteiger partial charge in [-0.25, -0.2) is 4.39 Å². The highest BCUT2D eigenvalue weighted by Crippen LogP contribution is 2.26. The fraction of sp³-hybridized carbons (Fsp3) is 0.636. The molecule has 1 aliphatic heterocycles. The lowest BCUT2D eigenvalue weighted by molar-refractivity contribution is 0.188. The van der Waals surface area contributed by atoms with Crippen LogP contribution < -0.4 is 0 Å². The first-order valence-electron chi connectivity index (χ1n) is 5.30. The quantitative estimate of drug-likeness (QED) is 0.723. The normalized spacial score (nSPS) is 28.7. The third-order valence-corrected chi connectivity index (χ3v) is 3.47. The molecule has 84 valence electrons. The number of hydrogen-bond donors (Lipinski definition) is 0. The van der Waals surface area contributed by atoms with Gasteiger partial charge in [-0.1, -0.05) is 15.9 Å². The fourth-order valence-electron chi connectivity index (χ4n) is 1.96. The van der Waals surface area contributed by atoms with Crippen LogP contribution in [0.3, 0.4) is 0 Å². The molecule has 1 heterocycles. The van der Waals surface area contributed by atoms with Gasteiger partial charge in [0.25, 0.3) is 0 Å². The molecule has 2 rings (SSSR count). The second-order valence-electron chi connectivity index (χ2n) is 4.19. The summed E-state index contributed by atoms with van der Waals surface area (Å²) in [4.78, 5) is 4.55. The summed E-state index contributed by atoms with van der Waals surface area (Å²) in [5.41, 5.74) is 1.04. The van der Waals surface area contributed by atoms with Gasteiger partial charge in [0.05, 0.1) is 0 Å². The predicted molar refractivity (Wildman–Crippen MR) is 63.7 cm³/mol. The molecular formula is C11H16BrFN2. The molecule has 0 N–H and O–H groups in total. The molecule has 15 heavy (non-hydrogen) atoms. The summed E-state index contributed by atoms with van der Waals surface area (Å²) in [5.74, 6) is 0. The second-order valence-corrected chi connectivity index (χ2v) is 5.21. The van der Waals surface area contributed by atoms with Crippen molar-refractivity contribution in [2.45, 2.75) is 12.6 Å². The van der Waals surface area contributed by atoms with Crippen LogP contribution in [0.25, 0.3) is 0 Å². The van der Waals surface area contributed by atoms with E-state index in [9.17, 15) is 4.39 Å². The summed E-state index contributed by atoms with van der Waals surface area (Å²) in [6.07, 6.45) is 3.42. The molecule has 1 fully saturated rings. The van der Waals surface area contributed by atoms with Crippen LogP contribution in [-0.4, -0.2) is 49.2 Å². The van der Waals surface area contributed by atoms with Gasteiger partial charge in [0.15, 0.2) is 0 Å². The minimum atomic E-state index is -0.834. The molecule has 1 unspecified atom stereocenters. The minimum Gasteiger partial charge on any atom is -0.369 e. The van der Waals surface area contributed by atoms with E-state index in [1.807, 2.05) is 6.08 Å². The van der Waals surface area contributed by atoms with Crippen LogP contribution in [-0.2, 0) is 0 Å². The highest BCUT2D eigenvalue weighted by Gasteiger charge is 2.19. The van der Waals surface area contributed by atoms with Crippen molar-refractivity contribution in [3.05, 3.63) is 22.3 Å². The largest absolute Gasteiger partial charge is 0.369 e. The number of hydrogen-bond acceptors (Lipinski definition) is 2. The molecule has 1 atom stereocenters. The second kappa shape index (κ2) is 4.66. The Morgan fingerprint density at radius 1 is 1.33 bits per heavy atom. The van der Waals surface area contributed by atoms with Crippen LogP contribution in [0.4, 0.5) is 4.39 Å². The van der Waals surface area contributed by atoms with E-state index >= 15 is 0 Å². The molecule has 0 bridgehead atoms. The van der Waals surface area contributed by atoms with Crippen molar-refractivity contribution in [3.8, 4) is 0 Å². The Hall–Kier alpha value is -0.350. The third kappa shape index (κ3) is 2.82. The van der Waals surface area contributed by atoms with Crippen molar-refractivity contribution in [1.82, 2.24) is 9.80 Å². The van der Waals surface area contributed by atoms with Crippen LogP contribution in [0.2, 0.25) is 0 Å². The van der Waals surface area contributed by atoms with Crippen molar-refractivity contribution >= 4 is 15.9 Å². The summed E-state index contributed by atoms with van der Waals surface area (Å²) >= 11 is 3.39. The number of alkyl halides is 1. The van der Waals surface area contributed by atoms with Crippen molar-refractivity contribution in [3.63, 3.8) is 0 Å². The number of allylic oxidation sites excluding steroid dienone is 3.